The summed E-state index contributed by atoms with van der Waals surface area (Å²) in [5, 5.41) is -8.30. The molecule has 2 rings (SSSR count). The van der Waals surface area contributed by atoms with Crippen molar-refractivity contribution in [2.24, 2.45) is 0 Å². The Morgan fingerprint density at radius 3 is 1.14 bits per heavy atom. The van der Waals surface area contributed by atoms with Crippen LogP contribution in [0.2, 0.25) is 0 Å². The SMILES string of the molecule is O=P(O)(O)C1(c2c(F)c(F)c(F)c(F)c2F)C(F)(F)C(F)(F)C(F)(F)C(F)(F)C1(F)C(F)(F)C(F)(F)F. The molecule has 0 aromatic heterocycles. The summed E-state index contributed by atoms with van der Waals surface area (Å²) in [7, 11) is -9.16. The van der Waals surface area contributed by atoms with E-state index in [4.69, 9.17) is 9.79 Å². The van der Waals surface area contributed by atoms with Gasteiger partial charge in [0.1, 0.15) is 0 Å². The molecular formula is C14H2F19O3P. The second-order valence-electron chi connectivity index (χ2n) is 7.23. The fourth-order valence-corrected chi connectivity index (χ4v) is 5.36. The van der Waals surface area contributed by atoms with Crippen LogP contribution in [-0.2, 0) is 9.72 Å². The zero-order valence-corrected chi connectivity index (χ0v) is 16.8. The smallest absolute Gasteiger partial charge is 0.324 e. The van der Waals surface area contributed by atoms with E-state index in [9.17, 15) is 83.6 Å². The first-order chi connectivity index (χ1) is 15.9. The predicted molar refractivity (Wildman–Crippen MR) is 74.6 cm³/mol. The number of alkyl halides is 14. The van der Waals surface area contributed by atoms with E-state index in [1.165, 1.54) is 0 Å². The van der Waals surface area contributed by atoms with E-state index >= 15 is 4.39 Å². The fraction of sp³-hybridized carbons (Fsp3) is 0.571. The van der Waals surface area contributed by atoms with Crippen molar-refractivity contribution in [3.05, 3.63) is 34.6 Å². The Morgan fingerprint density at radius 2 is 0.838 bits per heavy atom. The van der Waals surface area contributed by atoms with Crippen molar-refractivity contribution < 1.29 is 97.8 Å². The van der Waals surface area contributed by atoms with Crippen molar-refractivity contribution in [3.8, 4) is 0 Å². The van der Waals surface area contributed by atoms with Gasteiger partial charge in [-0.2, -0.15) is 57.1 Å². The molecule has 0 spiro atoms. The number of halogens is 19. The van der Waals surface area contributed by atoms with Gasteiger partial charge in [-0.3, -0.25) is 4.57 Å². The summed E-state index contributed by atoms with van der Waals surface area (Å²) < 4.78 is 277. The van der Waals surface area contributed by atoms with Gasteiger partial charge < -0.3 is 9.79 Å². The van der Waals surface area contributed by atoms with Gasteiger partial charge in [-0.1, -0.05) is 0 Å². The molecule has 0 aliphatic heterocycles. The minimum Gasteiger partial charge on any atom is -0.324 e. The van der Waals surface area contributed by atoms with E-state index in [2.05, 4.69) is 0 Å². The first-order valence-electron chi connectivity index (χ1n) is 8.15. The van der Waals surface area contributed by atoms with Crippen molar-refractivity contribution in [1.29, 1.82) is 0 Å². The third-order valence-electron chi connectivity index (χ3n) is 5.37. The first-order valence-corrected chi connectivity index (χ1v) is 9.76. The lowest BCUT2D eigenvalue weighted by atomic mass is 9.61. The molecule has 0 amide bonds. The Morgan fingerprint density at radius 1 is 0.541 bits per heavy atom. The predicted octanol–water partition coefficient (Wildman–Crippen LogP) is 6.22. The largest absolute Gasteiger partial charge is 0.457 e. The van der Waals surface area contributed by atoms with Crippen molar-refractivity contribution >= 4 is 7.60 Å². The summed E-state index contributed by atoms with van der Waals surface area (Å²) in [6.45, 7) is 0. The molecule has 2 unspecified atom stereocenters. The Balaban J connectivity index is 3.64. The Labute approximate surface area is 188 Å². The topological polar surface area (TPSA) is 57.5 Å². The summed E-state index contributed by atoms with van der Waals surface area (Å²) in [6, 6.07) is 0. The van der Waals surface area contributed by atoms with E-state index in [1.807, 2.05) is 0 Å². The van der Waals surface area contributed by atoms with Crippen LogP contribution in [0.25, 0.3) is 0 Å². The van der Waals surface area contributed by atoms with Crippen molar-refractivity contribution in [2.75, 3.05) is 0 Å². The van der Waals surface area contributed by atoms with Gasteiger partial charge in [0.2, 0.25) is 11.0 Å². The van der Waals surface area contributed by atoms with Crippen LogP contribution in [-0.4, -0.2) is 51.2 Å². The molecule has 0 saturated heterocycles. The molecule has 1 aliphatic rings. The Hall–Kier alpha value is -1.96. The Bertz CT molecular complexity index is 1160. The van der Waals surface area contributed by atoms with Gasteiger partial charge in [-0.25, -0.2) is 26.3 Å². The van der Waals surface area contributed by atoms with Crippen LogP contribution < -0.4 is 0 Å². The minimum absolute atomic E-state index is 3.67. The molecule has 37 heavy (non-hydrogen) atoms. The molecule has 1 aromatic carbocycles. The molecule has 1 fully saturated rings. The third kappa shape index (κ3) is 2.94. The van der Waals surface area contributed by atoms with Crippen LogP contribution in [0, 0.1) is 29.1 Å². The normalized spacial score (nSPS) is 29.3. The van der Waals surface area contributed by atoms with Crippen molar-refractivity contribution in [2.45, 2.75) is 46.6 Å². The summed E-state index contributed by atoms with van der Waals surface area (Å²) in [5.74, 6) is -63.9. The fourth-order valence-electron chi connectivity index (χ4n) is 3.68. The van der Waals surface area contributed by atoms with Crippen LogP contribution in [0.15, 0.2) is 0 Å². The molecule has 2 atom stereocenters. The van der Waals surface area contributed by atoms with Crippen LogP contribution >= 0.6 is 7.60 Å². The minimum atomic E-state index is -9.16. The molecule has 23 heteroatoms. The molecule has 0 radical (unpaired) electrons. The molecule has 214 valence electrons. The molecule has 1 saturated carbocycles. The van der Waals surface area contributed by atoms with Crippen molar-refractivity contribution in [3.63, 3.8) is 0 Å². The average molecular weight is 610 g/mol. The summed E-state index contributed by atoms with van der Waals surface area (Å²) in [6.07, 6.45) is -8.34. The first kappa shape index (κ1) is 31.3. The molecular weight excluding hydrogens is 608 g/mol. The monoisotopic (exact) mass is 610 g/mol. The second kappa shape index (κ2) is 7.57. The van der Waals surface area contributed by atoms with E-state index in [1.54, 1.807) is 0 Å². The molecule has 1 aliphatic carbocycles. The standard InChI is InChI=1S/C14H2F19O3P/c15-2-1(3(16)5(18)6(19)4(2)17)7(37(34,35)36)8(20,11(25,26)14(31,32)33)10(23,24)13(29,30)12(27,28)9(7,21)22/h(H2,34,35,36). The molecule has 0 bridgehead atoms. The number of hydrogen-bond donors (Lipinski definition) is 2. The summed E-state index contributed by atoms with van der Waals surface area (Å²) >= 11 is 0. The van der Waals surface area contributed by atoms with E-state index in [0.717, 1.165) is 0 Å². The average Bonchev–Trinajstić information content (AvgIpc) is 2.69. The molecule has 2 N–H and O–H groups in total. The lowest BCUT2D eigenvalue weighted by molar-refractivity contribution is -0.480. The second-order valence-corrected chi connectivity index (χ2v) is 8.99. The van der Waals surface area contributed by atoms with Gasteiger partial charge in [-0.05, 0) is 0 Å². The third-order valence-corrected chi connectivity index (χ3v) is 7.05. The zero-order valence-electron chi connectivity index (χ0n) is 15.9. The van der Waals surface area contributed by atoms with E-state index in [0.29, 0.717) is 0 Å². The zero-order chi connectivity index (χ0) is 30.0. The quantitative estimate of drug-likeness (QED) is 0.185. The maximum atomic E-state index is 15.5. The lowest BCUT2D eigenvalue weighted by Gasteiger charge is -2.60. The Kier molecular flexibility index (Phi) is 6.40. The lowest BCUT2D eigenvalue weighted by Crippen LogP contribution is -2.89. The van der Waals surface area contributed by atoms with Gasteiger partial charge in [0, 0.05) is 0 Å². The van der Waals surface area contributed by atoms with Crippen LogP contribution in [0.4, 0.5) is 83.4 Å². The maximum Gasteiger partial charge on any atom is 0.457 e. The summed E-state index contributed by atoms with van der Waals surface area (Å²) in [4.78, 5) is 18.2. The van der Waals surface area contributed by atoms with E-state index in [-0.39, 0.29) is 0 Å². The van der Waals surface area contributed by atoms with Crippen molar-refractivity contribution in [1.82, 2.24) is 0 Å². The van der Waals surface area contributed by atoms with Gasteiger partial charge in [0.15, 0.2) is 23.3 Å². The van der Waals surface area contributed by atoms with Gasteiger partial charge in [0.05, 0.1) is 5.56 Å². The van der Waals surface area contributed by atoms with Gasteiger partial charge in [-0.15, -0.1) is 0 Å². The number of hydrogen-bond acceptors (Lipinski definition) is 1. The van der Waals surface area contributed by atoms with Crippen LogP contribution in [0.1, 0.15) is 5.56 Å². The van der Waals surface area contributed by atoms with Crippen LogP contribution in [0.3, 0.4) is 0 Å². The summed E-state index contributed by atoms with van der Waals surface area (Å²) in [5.41, 5.74) is -13.9. The highest BCUT2D eigenvalue weighted by atomic mass is 31.2. The van der Waals surface area contributed by atoms with Crippen LogP contribution in [0.5, 0.6) is 0 Å². The highest BCUT2D eigenvalue weighted by Gasteiger charge is 3.08. The highest BCUT2D eigenvalue weighted by molar-refractivity contribution is 7.53. The van der Waals surface area contributed by atoms with E-state index < -0.39 is 88.9 Å². The molecule has 1 aromatic rings. The molecule has 3 nitrogen and oxygen atoms in total. The van der Waals surface area contributed by atoms with Gasteiger partial charge >= 0.3 is 43.4 Å². The van der Waals surface area contributed by atoms with Gasteiger partial charge in [0.25, 0.3) is 5.67 Å². The number of rotatable bonds is 3. The maximum absolute atomic E-state index is 15.5. The highest BCUT2D eigenvalue weighted by Crippen LogP contribution is 2.84. The number of benzene rings is 1. The molecule has 0 heterocycles.